The van der Waals surface area contributed by atoms with Gasteiger partial charge in [0.05, 0.1) is 40.1 Å². The van der Waals surface area contributed by atoms with Gasteiger partial charge in [0, 0.05) is 30.4 Å². The highest BCUT2D eigenvalue weighted by Crippen LogP contribution is 2.38. The normalized spacial score (nSPS) is 17.7. The van der Waals surface area contributed by atoms with E-state index in [4.69, 9.17) is 21.7 Å². The number of amides is 1. The quantitative estimate of drug-likeness (QED) is 0.559. The summed E-state index contributed by atoms with van der Waals surface area (Å²) in [5, 5.41) is 11.2. The van der Waals surface area contributed by atoms with Gasteiger partial charge in [-0.25, -0.2) is 4.98 Å². The first-order chi connectivity index (χ1) is 12.1. The second-order valence-electron chi connectivity index (χ2n) is 6.18. The maximum Gasteiger partial charge on any atom is 0.221 e. The van der Waals surface area contributed by atoms with E-state index < -0.39 is 0 Å². The number of nitrogens with one attached hydrogen (secondary N) is 1. The Morgan fingerprint density at radius 1 is 1.40 bits per heavy atom. The van der Waals surface area contributed by atoms with E-state index in [1.165, 1.54) is 0 Å². The van der Waals surface area contributed by atoms with E-state index in [-0.39, 0.29) is 11.8 Å². The predicted molar refractivity (Wildman–Crippen MR) is 97.1 cm³/mol. The number of fused-ring (bicyclic) bond motifs is 4. The van der Waals surface area contributed by atoms with Gasteiger partial charge >= 0.3 is 0 Å². The average Bonchev–Trinajstić information content (AvgIpc) is 3.22. The molecule has 0 bridgehead atoms. The van der Waals surface area contributed by atoms with Gasteiger partial charge in [0.1, 0.15) is 0 Å². The summed E-state index contributed by atoms with van der Waals surface area (Å²) in [4.78, 5) is 17.9. The third-order valence-electron chi connectivity index (χ3n) is 4.73. The molecule has 0 aliphatic carbocycles. The summed E-state index contributed by atoms with van der Waals surface area (Å²) in [7, 11) is 1.90. The lowest BCUT2D eigenvalue weighted by Gasteiger charge is -2.13. The van der Waals surface area contributed by atoms with Crippen LogP contribution in [0.15, 0.2) is 29.8 Å². The molecule has 0 fully saturated rings. The fourth-order valence-corrected chi connectivity index (χ4v) is 4.66. The Bertz CT molecular complexity index is 1140. The molecule has 1 atom stereocenters. The lowest BCUT2D eigenvalue weighted by Crippen LogP contribution is -2.21. The molecule has 5 rings (SSSR count). The van der Waals surface area contributed by atoms with E-state index in [2.05, 4.69) is 9.72 Å². The number of carbonyl (C=O) groups excluding carboxylic acids is 1. The highest BCUT2D eigenvalue weighted by atomic mass is 35.5. The molecule has 8 heteroatoms. The molecule has 6 nitrogen and oxygen atoms in total. The number of hydrogen-bond donors (Lipinski definition) is 1. The lowest BCUT2D eigenvalue weighted by molar-refractivity contribution is -0.121. The molecular weight excluding hydrogens is 358 g/mol. The lowest BCUT2D eigenvalue weighted by atomic mass is 9.94. The van der Waals surface area contributed by atoms with Crippen LogP contribution in [0.1, 0.15) is 29.4 Å². The number of benzene rings is 1. The first-order valence-corrected chi connectivity index (χ1v) is 9.21. The Morgan fingerprint density at radius 2 is 2.28 bits per heavy atom. The molecule has 0 saturated carbocycles. The second-order valence-corrected chi connectivity index (χ2v) is 7.46. The zero-order chi connectivity index (χ0) is 17.1. The first-order valence-electron chi connectivity index (χ1n) is 7.95. The largest absolute Gasteiger partial charge is 0.350 e. The van der Waals surface area contributed by atoms with Crippen molar-refractivity contribution in [2.24, 2.45) is 7.05 Å². The van der Waals surface area contributed by atoms with Crippen LogP contribution in [0.5, 0.6) is 0 Å². The third-order valence-corrected chi connectivity index (χ3v) is 5.80. The average molecular weight is 372 g/mol. The van der Waals surface area contributed by atoms with Crippen molar-refractivity contribution in [3.8, 4) is 0 Å². The molecule has 1 N–H and O–H groups in total. The minimum absolute atomic E-state index is 0.00200. The summed E-state index contributed by atoms with van der Waals surface area (Å²) in [6.45, 7) is 0.442. The van der Waals surface area contributed by atoms with Crippen LogP contribution in [0, 0.1) is 0 Å². The van der Waals surface area contributed by atoms with Crippen molar-refractivity contribution in [3.05, 3.63) is 51.9 Å². The van der Waals surface area contributed by atoms with Crippen LogP contribution in [-0.4, -0.2) is 25.1 Å². The minimum Gasteiger partial charge on any atom is -0.350 e. The zero-order valence-corrected chi connectivity index (χ0v) is 14.9. The Balaban J connectivity index is 1.83. The highest BCUT2D eigenvalue weighted by Gasteiger charge is 2.32. The molecule has 1 aliphatic rings. The molecule has 1 amide bonds. The van der Waals surface area contributed by atoms with Gasteiger partial charge in [0.2, 0.25) is 5.91 Å². The molecule has 1 aliphatic heterocycles. The number of aromatic nitrogens is 4. The molecule has 1 aromatic carbocycles. The number of thiazole rings is 1. The van der Waals surface area contributed by atoms with Gasteiger partial charge in [-0.05, 0) is 12.1 Å². The van der Waals surface area contributed by atoms with Crippen molar-refractivity contribution >= 4 is 44.7 Å². The fourth-order valence-electron chi connectivity index (χ4n) is 3.66. The maximum absolute atomic E-state index is 12.3. The van der Waals surface area contributed by atoms with Crippen LogP contribution in [-0.2, 0) is 18.4 Å². The Kier molecular flexibility index (Phi) is 3.17. The molecule has 0 spiro atoms. The predicted octanol–water partition coefficient (Wildman–Crippen LogP) is 3.09. The number of hydrogen-bond acceptors (Lipinski definition) is 4. The van der Waals surface area contributed by atoms with Crippen molar-refractivity contribution in [2.75, 3.05) is 0 Å². The van der Waals surface area contributed by atoms with E-state index in [0.29, 0.717) is 18.0 Å². The number of nitrogens with zero attached hydrogens (tertiary/aromatic N) is 4. The van der Waals surface area contributed by atoms with Crippen molar-refractivity contribution in [2.45, 2.75) is 18.9 Å². The Labute approximate surface area is 152 Å². The van der Waals surface area contributed by atoms with E-state index in [1.54, 1.807) is 11.3 Å². The SMILES string of the molecule is Cn1nc(C2CC(=O)NCc3nc4sccn4c32)c2c(Cl)cccc21. The van der Waals surface area contributed by atoms with Gasteiger partial charge < -0.3 is 5.32 Å². The molecule has 4 aromatic rings. The highest BCUT2D eigenvalue weighted by molar-refractivity contribution is 7.15. The van der Waals surface area contributed by atoms with E-state index in [0.717, 1.165) is 32.9 Å². The molecule has 1 unspecified atom stereocenters. The van der Waals surface area contributed by atoms with Gasteiger partial charge in [-0.3, -0.25) is 13.9 Å². The maximum atomic E-state index is 12.3. The molecule has 4 heterocycles. The number of aryl methyl sites for hydroxylation is 1. The molecular formula is C17H14ClN5OS. The molecule has 3 aromatic heterocycles. The number of carbonyl (C=O) groups is 1. The van der Waals surface area contributed by atoms with Crippen LogP contribution in [0.2, 0.25) is 5.02 Å². The summed E-state index contributed by atoms with van der Waals surface area (Å²) >= 11 is 8.08. The van der Waals surface area contributed by atoms with Gasteiger partial charge in [-0.2, -0.15) is 5.10 Å². The summed E-state index contributed by atoms with van der Waals surface area (Å²) in [5.41, 5.74) is 3.71. The Morgan fingerprint density at radius 3 is 3.16 bits per heavy atom. The van der Waals surface area contributed by atoms with Crippen LogP contribution in [0.3, 0.4) is 0 Å². The second kappa shape index (κ2) is 5.31. The summed E-state index contributed by atoms with van der Waals surface area (Å²) in [6, 6.07) is 5.77. The van der Waals surface area contributed by atoms with Crippen molar-refractivity contribution in [1.29, 1.82) is 0 Å². The summed E-state index contributed by atoms with van der Waals surface area (Å²) in [5.74, 6) is -0.191. The fraction of sp³-hybridized carbons (Fsp3) is 0.235. The van der Waals surface area contributed by atoms with Crippen molar-refractivity contribution in [1.82, 2.24) is 24.5 Å². The van der Waals surface area contributed by atoms with Gasteiger partial charge in [-0.15, -0.1) is 11.3 Å². The number of halogens is 1. The number of imidazole rings is 1. The first kappa shape index (κ1) is 14.9. The third kappa shape index (κ3) is 2.12. The summed E-state index contributed by atoms with van der Waals surface area (Å²) in [6.07, 6.45) is 2.33. The van der Waals surface area contributed by atoms with Crippen LogP contribution in [0.25, 0.3) is 15.9 Å². The monoisotopic (exact) mass is 371 g/mol. The van der Waals surface area contributed by atoms with Crippen molar-refractivity contribution < 1.29 is 4.79 Å². The van der Waals surface area contributed by atoms with E-state index >= 15 is 0 Å². The van der Waals surface area contributed by atoms with Crippen LogP contribution < -0.4 is 5.32 Å². The molecule has 25 heavy (non-hydrogen) atoms. The van der Waals surface area contributed by atoms with Gasteiger partial charge in [0.15, 0.2) is 4.96 Å². The van der Waals surface area contributed by atoms with Crippen LogP contribution in [0.4, 0.5) is 0 Å². The van der Waals surface area contributed by atoms with E-state index in [1.807, 2.05) is 41.5 Å². The summed E-state index contributed by atoms with van der Waals surface area (Å²) < 4.78 is 3.90. The van der Waals surface area contributed by atoms with Gasteiger partial charge in [0.25, 0.3) is 0 Å². The standard InChI is InChI=1S/C17H14ClN5OS/c1-22-12-4-2-3-10(18)14(12)15(21-22)9-7-13(24)19-8-11-16(9)23-5-6-25-17(23)20-11/h2-6,9H,7-8H2,1H3,(H,19,24). The smallest absolute Gasteiger partial charge is 0.221 e. The topological polar surface area (TPSA) is 64.2 Å². The molecule has 0 saturated heterocycles. The molecule has 126 valence electrons. The minimum atomic E-state index is -0.189. The number of rotatable bonds is 1. The Hall–Kier alpha value is -2.38. The van der Waals surface area contributed by atoms with E-state index in [9.17, 15) is 4.79 Å². The van der Waals surface area contributed by atoms with Crippen LogP contribution >= 0.6 is 22.9 Å². The van der Waals surface area contributed by atoms with Gasteiger partial charge in [-0.1, -0.05) is 17.7 Å². The molecule has 0 radical (unpaired) electrons. The zero-order valence-electron chi connectivity index (χ0n) is 13.4. The van der Waals surface area contributed by atoms with Crippen molar-refractivity contribution in [3.63, 3.8) is 0 Å².